The zero-order chi connectivity index (χ0) is 36.8. The Morgan fingerprint density at radius 2 is 0.702 bits per heavy atom. The SMILES string of the molecule is CCCC(=O)O.CCCCCCCCCCCC(=O)[O-].CCCCCCCCCCCC(=O)[O-].CCC[CH2][Sn+2][CH2]CCC.OB(O)O. The number of hydrogen-bond donors (Lipinski definition) is 4. The molecule has 0 radical (unpaired) electrons. The number of carbonyl (C=O) groups excluding carboxylic acids is 2. The molecule has 0 fully saturated rings. The van der Waals surface area contributed by atoms with Gasteiger partial charge in [0, 0.05) is 18.4 Å². The zero-order valence-corrected chi connectivity index (χ0v) is 34.1. The van der Waals surface area contributed by atoms with E-state index in [0.717, 1.165) is 32.1 Å². The minimum Gasteiger partial charge on any atom is -0.402 e. The minimum absolute atomic E-state index is 0.149. The summed E-state index contributed by atoms with van der Waals surface area (Å²) in [4.78, 5) is 29.8. The van der Waals surface area contributed by atoms with Crippen molar-refractivity contribution < 1.29 is 44.8 Å². The van der Waals surface area contributed by atoms with Gasteiger partial charge >= 0.3 is 82.8 Å². The molecule has 280 valence electrons. The zero-order valence-electron chi connectivity index (χ0n) is 31.2. The summed E-state index contributed by atoms with van der Waals surface area (Å²) in [5.41, 5.74) is 0. The second kappa shape index (κ2) is 54.6. The molecule has 0 heterocycles. The van der Waals surface area contributed by atoms with Gasteiger partial charge in [-0.2, -0.15) is 0 Å². The van der Waals surface area contributed by atoms with E-state index >= 15 is 0 Å². The third-order valence-corrected chi connectivity index (χ3v) is 10.9. The van der Waals surface area contributed by atoms with Gasteiger partial charge in [0.15, 0.2) is 0 Å². The summed E-state index contributed by atoms with van der Waals surface area (Å²) < 4.78 is 3.25. The van der Waals surface area contributed by atoms with Crippen LogP contribution in [0.25, 0.3) is 0 Å². The Hall–Kier alpha value is -0.846. The molecule has 0 spiro atoms. The summed E-state index contributed by atoms with van der Waals surface area (Å²) in [6, 6.07) is 0. The predicted molar refractivity (Wildman–Crippen MR) is 194 cm³/mol. The molecule has 0 unspecified atom stereocenters. The van der Waals surface area contributed by atoms with Crippen molar-refractivity contribution in [3.05, 3.63) is 0 Å². The molecule has 0 aromatic carbocycles. The molecule has 9 nitrogen and oxygen atoms in total. The van der Waals surface area contributed by atoms with Crippen molar-refractivity contribution in [2.24, 2.45) is 0 Å². The molecule has 47 heavy (non-hydrogen) atoms. The van der Waals surface area contributed by atoms with Crippen LogP contribution in [0, 0.1) is 0 Å². The first-order valence-electron chi connectivity index (χ1n) is 18.8. The topological polar surface area (TPSA) is 178 Å². The quantitative estimate of drug-likeness (QED) is 0.0470. The number of aliphatic carboxylic acids is 3. The number of hydrogen-bond acceptors (Lipinski definition) is 8. The van der Waals surface area contributed by atoms with E-state index in [9.17, 15) is 24.6 Å². The van der Waals surface area contributed by atoms with Gasteiger partial charge in [-0.1, -0.05) is 124 Å². The molecule has 0 aliphatic heterocycles. The molecule has 0 saturated carbocycles. The Labute approximate surface area is 300 Å². The second-order valence-corrected chi connectivity index (χ2v) is 16.1. The van der Waals surface area contributed by atoms with Crippen molar-refractivity contribution in [1.29, 1.82) is 0 Å². The van der Waals surface area contributed by atoms with Crippen LogP contribution in [0.2, 0.25) is 8.87 Å². The van der Waals surface area contributed by atoms with Crippen molar-refractivity contribution in [3.63, 3.8) is 0 Å². The van der Waals surface area contributed by atoms with Crippen LogP contribution in [-0.4, -0.2) is 66.5 Å². The number of carboxylic acid groups (broad SMARTS) is 3. The van der Waals surface area contributed by atoms with Gasteiger partial charge in [-0.05, 0) is 32.1 Å². The minimum atomic E-state index is -2.17. The number of rotatable bonds is 28. The average Bonchev–Trinajstić information content (AvgIpc) is 3.00. The summed E-state index contributed by atoms with van der Waals surface area (Å²) in [5, 5.41) is 49.6. The van der Waals surface area contributed by atoms with Crippen LogP contribution in [-0.2, 0) is 14.4 Å². The largest absolute Gasteiger partial charge is 0.631 e. The van der Waals surface area contributed by atoms with E-state index in [0.29, 0.717) is 6.42 Å². The van der Waals surface area contributed by atoms with Gasteiger partial charge < -0.3 is 40.0 Å². The molecule has 0 aliphatic rings. The Balaban J connectivity index is -0.000000167. The van der Waals surface area contributed by atoms with Crippen LogP contribution in [0.3, 0.4) is 0 Å². The summed E-state index contributed by atoms with van der Waals surface area (Å²) in [5.74, 6) is -2.53. The number of carbonyl (C=O) groups is 3. The predicted octanol–water partition coefficient (Wildman–Crippen LogP) is 7.26. The molecule has 11 heteroatoms. The molecular formula is C36H75BO9Sn. The molecule has 0 saturated heterocycles. The third-order valence-electron chi connectivity index (χ3n) is 6.85. The molecule has 0 bridgehead atoms. The van der Waals surface area contributed by atoms with Crippen LogP contribution < -0.4 is 10.2 Å². The molecule has 0 aromatic rings. The van der Waals surface area contributed by atoms with Crippen molar-refractivity contribution in [1.82, 2.24) is 0 Å². The molecule has 4 N–H and O–H groups in total. The van der Waals surface area contributed by atoms with Crippen LogP contribution in [0.1, 0.15) is 202 Å². The normalized spacial score (nSPS) is 9.53. The van der Waals surface area contributed by atoms with Gasteiger partial charge in [-0.15, -0.1) is 0 Å². The summed E-state index contributed by atoms with van der Waals surface area (Å²) in [6.45, 7) is 10.9. The van der Waals surface area contributed by atoms with Gasteiger partial charge in [-0.3, -0.25) is 4.79 Å². The van der Waals surface area contributed by atoms with E-state index in [4.69, 9.17) is 20.2 Å². The maximum atomic E-state index is 10.1. The van der Waals surface area contributed by atoms with E-state index < -0.39 is 25.2 Å². The maximum Gasteiger partial charge on any atom is 0.631 e. The molecule has 0 aliphatic carbocycles. The van der Waals surface area contributed by atoms with Crippen molar-refractivity contribution in [3.8, 4) is 0 Å². The van der Waals surface area contributed by atoms with Gasteiger partial charge in [0.2, 0.25) is 0 Å². The fourth-order valence-corrected chi connectivity index (χ4v) is 8.26. The van der Waals surface area contributed by atoms with Crippen molar-refractivity contribution in [2.45, 2.75) is 210 Å². The Morgan fingerprint density at radius 3 is 0.894 bits per heavy atom. The van der Waals surface area contributed by atoms with Crippen LogP contribution in [0.5, 0.6) is 0 Å². The van der Waals surface area contributed by atoms with Gasteiger partial charge in [0.1, 0.15) is 0 Å². The van der Waals surface area contributed by atoms with E-state index in [2.05, 4.69) is 27.7 Å². The summed E-state index contributed by atoms with van der Waals surface area (Å²) in [6.07, 6.45) is 29.2. The monoisotopic (exact) mass is 782 g/mol. The van der Waals surface area contributed by atoms with E-state index in [-0.39, 0.29) is 34.0 Å². The summed E-state index contributed by atoms with van der Waals surface area (Å²) in [7, 11) is -2.17. The number of unbranched alkanes of at least 4 members (excludes halogenated alkanes) is 18. The fraction of sp³-hybridized carbons (Fsp3) is 0.917. The Bertz CT molecular complexity index is 556. The van der Waals surface area contributed by atoms with Crippen molar-refractivity contribution >= 4 is 46.4 Å². The van der Waals surface area contributed by atoms with Gasteiger partial charge in [0.05, 0.1) is 0 Å². The van der Waals surface area contributed by atoms with Crippen molar-refractivity contribution in [2.75, 3.05) is 0 Å². The molecule has 0 aromatic heterocycles. The Morgan fingerprint density at radius 1 is 0.447 bits per heavy atom. The van der Waals surface area contributed by atoms with Crippen LogP contribution in [0.4, 0.5) is 0 Å². The van der Waals surface area contributed by atoms with E-state index in [1.165, 1.54) is 116 Å². The first-order valence-corrected chi connectivity index (χ1v) is 22.9. The first kappa shape index (κ1) is 55.6. The fourth-order valence-electron chi connectivity index (χ4n) is 4.10. The summed E-state index contributed by atoms with van der Waals surface area (Å²) >= 11 is 0.149. The number of carboxylic acids is 3. The standard InChI is InChI=1S/2C12H24O2.C4H8O2.2C4H9.BH3O3.Sn/c2*1-2-3-4-5-6-7-8-9-10-11-12(13)14;1-2-3-4(5)6;2*1-3-4-2;2-1(3)4;/h2*2-11H2,1H3,(H,13,14);2-3H2,1H3,(H,5,6);2*1,3-4H2,2H3;2-4H;/q;;;;;;+2/p-2. The smallest absolute Gasteiger partial charge is 0.402 e. The molecule has 0 rings (SSSR count). The Kier molecular flexibility index (Phi) is 64.5. The van der Waals surface area contributed by atoms with Crippen LogP contribution >= 0.6 is 0 Å². The van der Waals surface area contributed by atoms with Crippen LogP contribution in [0.15, 0.2) is 0 Å². The van der Waals surface area contributed by atoms with Gasteiger partial charge in [0.25, 0.3) is 0 Å². The molecular weight excluding hydrogens is 706 g/mol. The molecule has 0 atom stereocenters. The van der Waals surface area contributed by atoms with Gasteiger partial charge in [-0.25, -0.2) is 0 Å². The van der Waals surface area contributed by atoms with E-state index in [1.807, 2.05) is 6.92 Å². The van der Waals surface area contributed by atoms with E-state index in [1.54, 1.807) is 8.87 Å². The maximum absolute atomic E-state index is 10.1. The second-order valence-electron chi connectivity index (χ2n) is 11.8. The third kappa shape index (κ3) is 92.5. The average molecular weight is 782 g/mol. The molecule has 0 amide bonds. The first-order chi connectivity index (χ1) is 22.5.